The molecule has 0 aromatic heterocycles. The van der Waals surface area contributed by atoms with Gasteiger partial charge < -0.3 is 20.3 Å². The number of hydrogen-bond acceptors (Lipinski definition) is 4. The molecule has 0 unspecified atom stereocenters. The van der Waals surface area contributed by atoms with Crippen molar-refractivity contribution in [2.45, 2.75) is 0 Å². The van der Waals surface area contributed by atoms with Crippen LogP contribution in [-0.2, 0) is 4.74 Å². The Morgan fingerprint density at radius 3 is 2.58 bits per heavy atom. The van der Waals surface area contributed by atoms with Crippen molar-refractivity contribution in [3.8, 4) is 0 Å². The van der Waals surface area contributed by atoms with Gasteiger partial charge in [0.25, 0.3) is 0 Å². The van der Waals surface area contributed by atoms with Gasteiger partial charge in [0.15, 0.2) is 0 Å². The van der Waals surface area contributed by atoms with Crippen molar-refractivity contribution in [3.63, 3.8) is 0 Å². The summed E-state index contributed by atoms with van der Waals surface area (Å²) in [6.45, 7) is 0.226. The number of ether oxygens (including phenoxy) is 1. The molecule has 68 valence electrons. The van der Waals surface area contributed by atoms with Gasteiger partial charge in [0.2, 0.25) is 0 Å². The Kier molecular flexibility index (Phi) is 6.43. The summed E-state index contributed by atoms with van der Waals surface area (Å²) in [7, 11) is 0. The third kappa shape index (κ3) is 6.47. The Labute approximate surface area is 70.0 Å². The highest BCUT2D eigenvalue weighted by Gasteiger charge is 1.95. The molecule has 0 heterocycles. The monoisotopic (exact) mass is 173 g/mol. The SMILES string of the molecule is O=C(NCC=CO)OCC=CO. The average molecular weight is 173 g/mol. The Morgan fingerprint density at radius 2 is 2.00 bits per heavy atom. The van der Waals surface area contributed by atoms with Gasteiger partial charge in [0.05, 0.1) is 12.5 Å². The molecule has 12 heavy (non-hydrogen) atoms. The van der Waals surface area contributed by atoms with Gasteiger partial charge >= 0.3 is 6.09 Å². The lowest BCUT2D eigenvalue weighted by molar-refractivity contribution is 0.159. The highest BCUT2D eigenvalue weighted by molar-refractivity contribution is 5.67. The summed E-state index contributed by atoms with van der Waals surface area (Å²) < 4.78 is 4.52. The molecule has 0 aromatic rings. The Morgan fingerprint density at radius 1 is 1.33 bits per heavy atom. The number of carbonyl (C=O) groups is 1. The Balaban J connectivity index is 3.33. The van der Waals surface area contributed by atoms with E-state index in [1.54, 1.807) is 0 Å². The average Bonchev–Trinajstić information content (AvgIpc) is 2.06. The summed E-state index contributed by atoms with van der Waals surface area (Å²) in [5, 5.41) is 18.7. The summed E-state index contributed by atoms with van der Waals surface area (Å²) in [4.78, 5) is 10.6. The fraction of sp³-hybridized carbons (Fsp3) is 0.286. The lowest BCUT2D eigenvalue weighted by Gasteiger charge is -2.00. The fourth-order valence-electron chi connectivity index (χ4n) is 0.413. The summed E-state index contributed by atoms with van der Waals surface area (Å²) >= 11 is 0. The predicted molar refractivity (Wildman–Crippen MR) is 42.9 cm³/mol. The first-order chi connectivity index (χ1) is 5.81. The maximum Gasteiger partial charge on any atom is 0.407 e. The van der Waals surface area contributed by atoms with Crippen LogP contribution in [0.1, 0.15) is 0 Å². The van der Waals surface area contributed by atoms with E-state index in [2.05, 4.69) is 10.1 Å². The second-order valence-corrected chi connectivity index (χ2v) is 1.75. The van der Waals surface area contributed by atoms with E-state index < -0.39 is 6.09 Å². The first-order valence-electron chi connectivity index (χ1n) is 3.30. The zero-order chi connectivity index (χ0) is 9.23. The summed E-state index contributed by atoms with van der Waals surface area (Å²) in [5.41, 5.74) is 0. The molecular formula is C7H11NO4. The maximum atomic E-state index is 10.6. The van der Waals surface area contributed by atoms with Gasteiger partial charge in [0, 0.05) is 6.54 Å². The molecule has 1 amide bonds. The highest BCUT2D eigenvalue weighted by Crippen LogP contribution is 1.78. The van der Waals surface area contributed by atoms with Crippen LogP contribution in [0.2, 0.25) is 0 Å². The van der Waals surface area contributed by atoms with Crippen LogP contribution in [0, 0.1) is 0 Å². The molecule has 0 aromatic carbocycles. The smallest absolute Gasteiger partial charge is 0.407 e. The van der Waals surface area contributed by atoms with Crippen molar-refractivity contribution in [3.05, 3.63) is 24.7 Å². The zero-order valence-corrected chi connectivity index (χ0v) is 6.43. The minimum Gasteiger partial charge on any atom is -0.516 e. The molecule has 0 spiro atoms. The molecule has 5 heteroatoms. The summed E-state index contributed by atoms with van der Waals surface area (Å²) in [6, 6.07) is 0. The molecule has 5 nitrogen and oxygen atoms in total. The molecule has 0 radical (unpaired) electrons. The van der Waals surface area contributed by atoms with E-state index in [-0.39, 0.29) is 13.2 Å². The number of aliphatic hydroxyl groups is 2. The van der Waals surface area contributed by atoms with Gasteiger partial charge in [-0.2, -0.15) is 0 Å². The fourth-order valence-corrected chi connectivity index (χ4v) is 0.413. The zero-order valence-electron chi connectivity index (χ0n) is 6.43. The van der Waals surface area contributed by atoms with E-state index in [4.69, 9.17) is 10.2 Å². The van der Waals surface area contributed by atoms with Gasteiger partial charge in [-0.25, -0.2) is 4.79 Å². The van der Waals surface area contributed by atoms with E-state index in [1.807, 2.05) is 0 Å². The molecule has 0 aliphatic rings. The van der Waals surface area contributed by atoms with Crippen molar-refractivity contribution >= 4 is 6.09 Å². The van der Waals surface area contributed by atoms with E-state index in [0.29, 0.717) is 0 Å². The van der Waals surface area contributed by atoms with Crippen molar-refractivity contribution in [2.24, 2.45) is 0 Å². The molecule has 0 saturated heterocycles. The molecule has 0 bridgehead atoms. The molecule has 0 aliphatic heterocycles. The number of alkyl carbamates (subject to hydrolysis) is 1. The van der Waals surface area contributed by atoms with Crippen molar-refractivity contribution in [1.29, 1.82) is 0 Å². The number of aliphatic hydroxyl groups excluding tert-OH is 2. The standard InChI is InChI=1S/C7H11NO4/c9-4-1-3-8-7(11)12-6-2-5-10/h1-2,4-5,9-10H,3,6H2,(H,8,11). The van der Waals surface area contributed by atoms with Crippen LogP contribution in [0.15, 0.2) is 24.7 Å². The molecular weight excluding hydrogens is 162 g/mol. The van der Waals surface area contributed by atoms with E-state index in [0.717, 1.165) is 12.5 Å². The lowest BCUT2D eigenvalue weighted by atomic mass is 10.6. The predicted octanol–water partition coefficient (Wildman–Crippen LogP) is 0.856. The molecule has 0 atom stereocenters. The lowest BCUT2D eigenvalue weighted by Crippen LogP contribution is -2.24. The minimum absolute atomic E-state index is 0.0190. The topological polar surface area (TPSA) is 78.8 Å². The maximum absolute atomic E-state index is 10.6. The van der Waals surface area contributed by atoms with Gasteiger partial charge in [0.1, 0.15) is 6.61 Å². The number of nitrogens with one attached hydrogen (secondary N) is 1. The molecule has 3 N–H and O–H groups in total. The first-order valence-corrected chi connectivity index (χ1v) is 3.30. The normalized spacial score (nSPS) is 10.7. The summed E-state index contributed by atoms with van der Waals surface area (Å²) in [5.74, 6) is 0. The number of carbonyl (C=O) groups excluding carboxylic acids is 1. The van der Waals surface area contributed by atoms with Crippen molar-refractivity contribution in [2.75, 3.05) is 13.2 Å². The Hall–Kier alpha value is -1.65. The quantitative estimate of drug-likeness (QED) is 0.551. The third-order valence-corrected chi connectivity index (χ3v) is 0.886. The van der Waals surface area contributed by atoms with Crippen LogP contribution in [0.3, 0.4) is 0 Å². The molecule has 0 saturated carbocycles. The largest absolute Gasteiger partial charge is 0.516 e. The minimum atomic E-state index is -0.605. The van der Waals surface area contributed by atoms with E-state index in [1.165, 1.54) is 12.2 Å². The van der Waals surface area contributed by atoms with Crippen LogP contribution in [-0.4, -0.2) is 29.5 Å². The number of hydrogen-bond donors (Lipinski definition) is 3. The number of rotatable bonds is 4. The molecule has 0 rings (SSSR count). The molecule has 0 fully saturated rings. The second kappa shape index (κ2) is 7.46. The van der Waals surface area contributed by atoms with Crippen LogP contribution in [0.4, 0.5) is 4.79 Å². The van der Waals surface area contributed by atoms with Gasteiger partial charge in [-0.1, -0.05) is 0 Å². The Bertz CT molecular complexity index is 158. The van der Waals surface area contributed by atoms with Crippen molar-refractivity contribution in [1.82, 2.24) is 5.32 Å². The van der Waals surface area contributed by atoms with E-state index in [9.17, 15) is 4.79 Å². The van der Waals surface area contributed by atoms with Crippen LogP contribution < -0.4 is 5.32 Å². The van der Waals surface area contributed by atoms with Crippen molar-refractivity contribution < 1.29 is 19.7 Å². The number of amides is 1. The third-order valence-electron chi connectivity index (χ3n) is 0.886. The molecule has 0 aliphatic carbocycles. The van der Waals surface area contributed by atoms with Gasteiger partial charge in [-0.3, -0.25) is 0 Å². The van der Waals surface area contributed by atoms with E-state index >= 15 is 0 Å². The van der Waals surface area contributed by atoms with Crippen LogP contribution in [0.25, 0.3) is 0 Å². The first kappa shape index (κ1) is 10.3. The van der Waals surface area contributed by atoms with Crippen LogP contribution in [0.5, 0.6) is 0 Å². The van der Waals surface area contributed by atoms with Gasteiger partial charge in [-0.15, -0.1) is 0 Å². The second-order valence-electron chi connectivity index (χ2n) is 1.75. The van der Waals surface area contributed by atoms with Crippen LogP contribution >= 0.6 is 0 Å². The highest BCUT2D eigenvalue weighted by atomic mass is 16.5. The van der Waals surface area contributed by atoms with Gasteiger partial charge in [-0.05, 0) is 12.2 Å². The summed E-state index contributed by atoms with van der Waals surface area (Å²) in [6.07, 6.45) is 3.64.